The Morgan fingerprint density at radius 3 is 2.24 bits per heavy atom. The van der Waals surface area contributed by atoms with Crippen molar-refractivity contribution in [2.24, 2.45) is 0 Å². The maximum atomic E-state index is 12.0. The molecule has 1 aromatic rings. The van der Waals surface area contributed by atoms with Crippen LogP contribution in [0.3, 0.4) is 0 Å². The number of amides is 1. The molecule has 118 valence electrons. The molecule has 0 fully saturated rings. The number of rotatable bonds is 6. The molecule has 1 N–H and O–H groups in total. The van der Waals surface area contributed by atoms with Crippen LogP contribution in [0.5, 0.6) is 11.5 Å². The molecule has 7 nitrogen and oxygen atoms in total. The molecule has 0 radical (unpaired) electrons. The van der Waals surface area contributed by atoms with Gasteiger partial charge >= 0.3 is 0 Å². The van der Waals surface area contributed by atoms with E-state index in [1.54, 1.807) is 12.1 Å². The fourth-order valence-electron chi connectivity index (χ4n) is 1.98. The minimum absolute atomic E-state index is 0.325. The number of methoxy groups -OCH3 is 2. The Morgan fingerprint density at radius 2 is 1.81 bits per heavy atom. The van der Waals surface area contributed by atoms with E-state index in [2.05, 4.69) is 5.32 Å². The number of hydrogen-bond donors (Lipinski definition) is 1. The van der Waals surface area contributed by atoms with Gasteiger partial charge in [0, 0.05) is 13.1 Å². The number of carbonyl (C=O) groups is 1. The van der Waals surface area contributed by atoms with Crippen LogP contribution in [0.4, 0.5) is 5.69 Å². The highest BCUT2D eigenvalue weighted by molar-refractivity contribution is 7.92. The van der Waals surface area contributed by atoms with Gasteiger partial charge in [-0.25, -0.2) is 8.42 Å². The van der Waals surface area contributed by atoms with Crippen LogP contribution in [-0.2, 0) is 14.8 Å². The first kappa shape index (κ1) is 17.1. The fourth-order valence-corrected chi connectivity index (χ4v) is 3.15. The highest BCUT2D eigenvalue weighted by atomic mass is 32.2. The Morgan fingerprint density at radius 1 is 1.24 bits per heavy atom. The van der Waals surface area contributed by atoms with Gasteiger partial charge < -0.3 is 14.8 Å². The summed E-state index contributed by atoms with van der Waals surface area (Å²) >= 11 is 0. The van der Waals surface area contributed by atoms with E-state index in [4.69, 9.17) is 9.47 Å². The normalized spacial score (nSPS) is 12.4. The molecule has 1 amide bonds. The highest BCUT2D eigenvalue weighted by Gasteiger charge is 2.29. The third-order valence-electron chi connectivity index (χ3n) is 2.96. The molecule has 0 aliphatic heterocycles. The first-order valence-corrected chi connectivity index (χ1v) is 8.04. The summed E-state index contributed by atoms with van der Waals surface area (Å²) in [5.74, 6) is 0.449. The number of carbonyl (C=O) groups excluding carboxylic acids is 1. The molecule has 0 saturated heterocycles. The molecule has 0 aromatic heterocycles. The summed E-state index contributed by atoms with van der Waals surface area (Å²) in [6.45, 7) is 1.51. The molecule has 21 heavy (non-hydrogen) atoms. The molecule has 1 rings (SSSR count). The minimum atomic E-state index is -3.64. The molecule has 1 atom stereocenters. The second kappa shape index (κ2) is 6.66. The number of ether oxygens (including phenoxy) is 2. The van der Waals surface area contributed by atoms with E-state index >= 15 is 0 Å². The summed E-state index contributed by atoms with van der Waals surface area (Å²) in [6.07, 6.45) is 1.04. The average Bonchev–Trinajstić information content (AvgIpc) is 2.44. The maximum absolute atomic E-state index is 12.0. The van der Waals surface area contributed by atoms with Crippen molar-refractivity contribution >= 4 is 21.6 Å². The summed E-state index contributed by atoms with van der Waals surface area (Å²) in [6, 6.07) is 3.77. The number of hydrogen-bond acceptors (Lipinski definition) is 5. The molecular formula is C13H20N2O5S. The van der Waals surface area contributed by atoms with E-state index in [1.165, 1.54) is 34.3 Å². The summed E-state index contributed by atoms with van der Waals surface area (Å²) in [4.78, 5) is 11.8. The van der Waals surface area contributed by atoms with Crippen molar-refractivity contribution in [1.29, 1.82) is 0 Å². The summed E-state index contributed by atoms with van der Waals surface area (Å²) in [5, 5.41) is 2.44. The van der Waals surface area contributed by atoms with Crippen molar-refractivity contribution < 1.29 is 22.7 Å². The van der Waals surface area contributed by atoms with Crippen LogP contribution in [0.15, 0.2) is 18.2 Å². The number of sulfonamides is 1. The zero-order valence-electron chi connectivity index (χ0n) is 12.7. The first-order chi connectivity index (χ1) is 9.76. The second-order valence-electron chi connectivity index (χ2n) is 4.39. The van der Waals surface area contributed by atoms with Crippen LogP contribution in [0, 0.1) is 0 Å². The van der Waals surface area contributed by atoms with Crippen LogP contribution < -0.4 is 19.1 Å². The summed E-state index contributed by atoms with van der Waals surface area (Å²) < 4.78 is 35.4. The van der Waals surface area contributed by atoms with Crippen LogP contribution in [0.25, 0.3) is 0 Å². The second-order valence-corrected chi connectivity index (χ2v) is 6.25. The Bertz CT molecular complexity index is 615. The van der Waals surface area contributed by atoms with E-state index in [-0.39, 0.29) is 0 Å². The molecule has 0 aliphatic rings. The SMILES string of the molecule is CNC(=O)[C@@H](C)N(c1ccc(OC)c(OC)c1)S(C)(=O)=O. The molecule has 0 unspecified atom stereocenters. The van der Waals surface area contributed by atoms with Crippen molar-refractivity contribution in [2.75, 3.05) is 31.8 Å². The van der Waals surface area contributed by atoms with Gasteiger partial charge in [0.2, 0.25) is 15.9 Å². The summed E-state index contributed by atoms with van der Waals surface area (Å²) in [5.41, 5.74) is 0.325. The first-order valence-electron chi connectivity index (χ1n) is 6.19. The van der Waals surface area contributed by atoms with Gasteiger partial charge in [-0.1, -0.05) is 0 Å². The topological polar surface area (TPSA) is 84.9 Å². The molecule has 1 aromatic carbocycles. The van der Waals surface area contributed by atoms with Crippen LogP contribution in [0.2, 0.25) is 0 Å². The van der Waals surface area contributed by atoms with E-state index in [0.29, 0.717) is 17.2 Å². The highest BCUT2D eigenvalue weighted by Crippen LogP contribution is 2.33. The molecule has 8 heteroatoms. The quantitative estimate of drug-likeness (QED) is 0.831. The Hall–Kier alpha value is -1.96. The molecular weight excluding hydrogens is 296 g/mol. The lowest BCUT2D eigenvalue weighted by Crippen LogP contribution is -2.46. The summed E-state index contributed by atoms with van der Waals surface area (Å²) in [7, 11) is 0.750. The smallest absolute Gasteiger partial charge is 0.243 e. The van der Waals surface area contributed by atoms with Gasteiger partial charge in [0.15, 0.2) is 11.5 Å². The van der Waals surface area contributed by atoms with Crippen molar-refractivity contribution in [1.82, 2.24) is 5.32 Å². The monoisotopic (exact) mass is 316 g/mol. The molecule has 0 heterocycles. The fraction of sp³-hybridized carbons (Fsp3) is 0.462. The molecule has 0 bridgehead atoms. The van der Waals surface area contributed by atoms with E-state index in [0.717, 1.165) is 10.6 Å². The standard InChI is InChI=1S/C13H20N2O5S/c1-9(13(16)14-2)15(21(5,17)18)10-6-7-11(19-3)12(8-10)20-4/h6-9H,1-5H3,(H,14,16)/t9-/m1/s1. The van der Waals surface area contributed by atoms with E-state index in [1.807, 2.05) is 0 Å². The van der Waals surface area contributed by atoms with E-state index in [9.17, 15) is 13.2 Å². The lowest BCUT2D eigenvalue weighted by Gasteiger charge is -2.28. The zero-order chi connectivity index (χ0) is 16.2. The predicted octanol–water partition coefficient (Wildman–Crippen LogP) is 0.604. The molecule has 0 spiro atoms. The van der Waals surface area contributed by atoms with Crippen molar-refractivity contribution in [2.45, 2.75) is 13.0 Å². The van der Waals surface area contributed by atoms with Gasteiger partial charge in [-0.2, -0.15) is 0 Å². The van der Waals surface area contributed by atoms with Crippen LogP contribution >= 0.6 is 0 Å². The predicted molar refractivity (Wildman–Crippen MR) is 80.4 cm³/mol. The minimum Gasteiger partial charge on any atom is -0.493 e. The number of nitrogens with zero attached hydrogens (tertiary/aromatic N) is 1. The van der Waals surface area contributed by atoms with Gasteiger partial charge in [-0.3, -0.25) is 9.10 Å². The van der Waals surface area contributed by atoms with E-state index < -0.39 is 22.0 Å². The van der Waals surface area contributed by atoms with Crippen molar-refractivity contribution in [3.05, 3.63) is 18.2 Å². The lowest BCUT2D eigenvalue weighted by atomic mass is 10.2. The van der Waals surface area contributed by atoms with Gasteiger partial charge in [-0.15, -0.1) is 0 Å². The number of likely N-dealkylation sites (N-methyl/N-ethyl adjacent to an activating group) is 1. The van der Waals surface area contributed by atoms with Gasteiger partial charge in [0.05, 0.1) is 26.2 Å². The molecule has 0 aliphatic carbocycles. The van der Waals surface area contributed by atoms with Crippen molar-refractivity contribution in [3.8, 4) is 11.5 Å². The number of anilines is 1. The lowest BCUT2D eigenvalue weighted by molar-refractivity contribution is -0.121. The van der Waals surface area contributed by atoms with Crippen molar-refractivity contribution in [3.63, 3.8) is 0 Å². The Balaban J connectivity index is 3.38. The Kier molecular flexibility index (Phi) is 5.42. The maximum Gasteiger partial charge on any atom is 0.243 e. The van der Waals surface area contributed by atoms with Crippen LogP contribution in [0.1, 0.15) is 6.92 Å². The Labute approximate surface area is 124 Å². The molecule has 0 saturated carbocycles. The van der Waals surface area contributed by atoms with Gasteiger partial charge in [0.1, 0.15) is 6.04 Å². The van der Waals surface area contributed by atoms with Gasteiger partial charge in [-0.05, 0) is 19.1 Å². The average molecular weight is 316 g/mol. The number of benzene rings is 1. The third-order valence-corrected chi connectivity index (χ3v) is 4.20. The van der Waals surface area contributed by atoms with Gasteiger partial charge in [0.25, 0.3) is 0 Å². The van der Waals surface area contributed by atoms with Crippen LogP contribution in [-0.4, -0.2) is 47.9 Å². The largest absolute Gasteiger partial charge is 0.493 e. The number of nitrogens with one attached hydrogen (secondary N) is 1. The zero-order valence-corrected chi connectivity index (χ0v) is 13.5. The third kappa shape index (κ3) is 3.78.